The van der Waals surface area contributed by atoms with Gasteiger partial charge in [-0.25, -0.2) is 9.59 Å². The van der Waals surface area contributed by atoms with Gasteiger partial charge in [0, 0.05) is 6.42 Å². The number of alkyl carbamates (subject to hydrolysis) is 1. The molecule has 2 aromatic carbocycles. The summed E-state index contributed by atoms with van der Waals surface area (Å²) in [6.07, 6.45) is -7.19. The Morgan fingerprint density at radius 3 is 2.02 bits per heavy atom. The van der Waals surface area contributed by atoms with Crippen LogP contribution in [0.15, 0.2) is 60.7 Å². The topological polar surface area (TPSA) is 182 Å². The average Bonchev–Trinajstić information content (AvgIpc) is 3.01. The number of aliphatic hydroxyl groups excluding tert-OH is 2. The molecule has 13 nitrogen and oxygen atoms in total. The minimum atomic E-state index is -1.84. The zero-order valence-electron chi connectivity index (χ0n) is 27.7. The number of nitrogens with one attached hydrogen (secondary N) is 3. The largest absolute Gasteiger partial charge is 0.467 e. The van der Waals surface area contributed by atoms with Gasteiger partial charge in [-0.2, -0.15) is 0 Å². The molecule has 13 heteroatoms. The lowest BCUT2D eigenvalue weighted by atomic mass is 9.94. The Hall–Kier alpha value is -4.04. The number of hydrogen-bond donors (Lipinski definition) is 5. The summed E-state index contributed by atoms with van der Waals surface area (Å²) in [4.78, 5) is 52.1. The van der Waals surface area contributed by atoms with Crippen molar-refractivity contribution in [2.24, 2.45) is 5.92 Å². The van der Waals surface area contributed by atoms with Gasteiger partial charge in [0.25, 0.3) is 5.91 Å². The van der Waals surface area contributed by atoms with Crippen molar-refractivity contribution >= 4 is 23.9 Å². The lowest BCUT2D eigenvalue weighted by Gasteiger charge is -2.42. The second-order valence-electron chi connectivity index (χ2n) is 12.8. The van der Waals surface area contributed by atoms with Gasteiger partial charge in [-0.3, -0.25) is 9.59 Å². The number of carbonyl (C=O) groups excluding carboxylic acids is 4. The number of carbonyl (C=O) groups is 4. The fraction of sp³-hybridized carbons (Fsp3) is 0.529. The van der Waals surface area contributed by atoms with E-state index in [4.69, 9.17) is 18.9 Å². The molecular formula is C34H47N3O10. The van der Waals surface area contributed by atoms with Crippen LogP contribution >= 0.6 is 0 Å². The summed E-state index contributed by atoms with van der Waals surface area (Å²) in [5.74, 6) is -2.32. The first-order valence-corrected chi connectivity index (χ1v) is 15.6. The lowest BCUT2D eigenvalue weighted by Crippen LogP contribution is -2.68. The number of esters is 1. The van der Waals surface area contributed by atoms with E-state index in [1.165, 1.54) is 7.11 Å². The number of methoxy groups -OCH3 is 1. The summed E-state index contributed by atoms with van der Waals surface area (Å²) in [6.45, 7) is 8.79. The molecule has 2 aromatic rings. The standard InChI is InChI=1S/C34H47N3O10/c1-20(2)17-23(36-33(43)47-34(3,4)5)29(40)37-25-26(38)27(39)28(46-32(25)45-19-22-15-11-8-12-16-22)30(41)35-24(31(42)44-6)18-21-13-9-7-10-14-21/h7-16,20,23-28,32,38-39H,17-19H2,1-6H3,(H,35,41)(H,36,43)(H,37,40)/t23-,24+,25?,26+,27+,28-,32-/m0/s1. The van der Waals surface area contributed by atoms with Crippen LogP contribution in [0.4, 0.5) is 4.79 Å². The van der Waals surface area contributed by atoms with Crippen molar-refractivity contribution in [1.29, 1.82) is 0 Å². The van der Waals surface area contributed by atoms with E-state index in [1.54, 1.807) is 69.3 Å². The maximum Gasteiger partial charge on any atom is 0.408 e. The van der Waals surface area contributed by atoms with Gasteiger partial charge in [0.05, 0.1) is 13.7 Å². The average molecular weight is 658 g/mol. The molecule has 1 unspecified atom stereocenters. The maximum absolute atomic E-state index is 13.5. The highest BCUT2D eigenvalue weighted by atomic mass is 16.7. The molecular weight excluding hydrogens is 610 g/mol. The first kappa shape index (κ1) is 37.4. The van der Waals surface area contributed by atoms with E-state index >= 15 is 0 Å². The van der Waals surface area contributed by atoms with Crippen molar-refractivity contribution in [2.75, 3.05) is 7.11 Å². The monoisotopic (exact) mass is 657 g/mol. The molecule has 3 rings (SSSR count). The molecule has 1 aliphatic heterocycles. The van der Waals surface area contributed by atoms with Gasteiger partial charge in [-0.1, -0.05) is 74.5 Å². The van der Waals surface area contributed by atoms with E-state index in [2.05, 4.69) is 16.0 Å². The number of amides is 3. The molecule has 3 amide bonds. The molecule has 0 radical (unpaired) electrons. The van der Waals surface area contributed by atoms with Crippen LogP contribution in [0.3, 0.4) is 0 Å². The third kappa shape index (κ3) is 11.6. The zero-order valence-corrected chi connectivity index (χ0v) is 27.7. The van der Waals surface area contributed by atoms with Gasteiger partial charge in [0.1, 0.15) is 35.9 Å². The number of hydrogen-bond acceptors (Lipinski definition) is 10. The van der Waals surface area contributed by atoms with Gasteiger partial charge in [0.2, 0.25) is 5.91 Å². The lowest BCUT2D eigenvalue weighted by molar-refractivity contribution is -0.263. The van der Waals surface area contributed by atoms with Gasteiger partial charge in [-0.15, -0.1) is 0 Å². The van der Waals surface area contributed by atoms with Crippen LogP contribution < -0.4 is 16.0 Å². The fourth-order valence-corrected chi connectivity index (χ4v) is 4.98. The first-order chi connectivity index (χ1) is 22.2. The molecule has 0 bridgehead atoms. The minimum absolute atomic E-state index is 0.0179. The van der Waals surface area contributed by atoms with Crippen molar-refractivity contribution < 1.29 is 48.3 Å². The zero-order chi connectivity index (χ0) is 34.7. The smallest absolute Gasteiger partial charge is 0.408 e. The molecule has 5 N–H and O–H groups in total. The number of benzene rings is 2. The van der Waals surface area contributed by atoms with Gasteiger partial charge < -0.3 is 45.1 Å². The molecule has 47 heavy (non-hydrogen) atoms. The predicted molar refractivity (Wildman–Crippen MR) is 171 cm³/mol. The van der Waals surface area contributed by atoms with E-state index in [0.29, 0.717) is 0 Å². The first-order valence-electron chi connectivity index (χ1n) is 15.6. The Kier molecular flexibility index (Phi) is 13.7. The molecule has 0 saturated carbocycles. The van der Waals surface area contributed by atoms with Crippen LogP contribution in [0.1, 0.15) is 52.2 Å². The van der Waals surface area contributed by atoms with Crippen LogP contribution in [0.5, 0.6) is 0 Å². The molecule has 0 aliphatic carbocycles. The Morgan fingerprint density at radius 2 is 1.47 bits per heavy atom. The van der Waals surface area contributed by atoms with Crippen molar-refractivity contribution in [2.45, 2.75) is 102 Å². The molecule has 1 fully saturated rings. The highest BCUT2D eigenvalue weighted by molar-refractivity contribution is 5.88. The molecule has 1 aliphatic rings. The SMILES string of the molecule is COC(=O)[C@@H](Cc1ccccc1)NC(=O)[C@H]1O[C@H](OCc2ccccc2)C(NC(=O)[C@H](CC(C)C)NC(=O)OC(C)(C)C)[C@@H](O)[C@H]1O. The fourth-order valence-electron chi connectivity index (χ4n) is 4.98. The van der Waals surface area contributed by atoms with Crippen LogP contribution in [-0.4, -0.2) is 89.5 Å². The summed E-state index contributed by atoms with van der Waals surface area (Å²) in [6, 6.07) is 14.4. The summed E-state index contributed by atoms with van der Waals surface area (Å²) >= 11 is 0. The summed E-state index contributed by atoms with van der Waals surface area (Å²) < 4.78 is 22.1. The third-order valence-electron chi connectivity index (χ3n) is 7.23. The van der Waals surface area contributed by atoms with E-state index in [-0.39, 0.29) is 25.4 Å². The van der Waals surface area contributed by atoms with Crippen LogP contribution in [0, 0.1) is 5.92 Å². The molecule has 1 saturated heterocycles. The minimum Gasteiger partial charge on any atom is -0.467 e. The number of rotatable bonds is 13. The summed E-state index contributed by atoms with van der Waals surface area (Å²) in [7, 11) is 1.19. The quantitative estimate of drug-likeness (QED) is 0.200. The van der Waals surface area contributed by atoms with E-state index in [1.807, 2.05) is 26.0 Å². The van der Waals surface area contributed by atoms with Crippen LogP contribution in [-0.2, 0) is 46.4 Å². The highest BCUT2D eigenvalue weighted by Gasteiger charge is 2.49. The Morgan fingerprint density at radius 1 is 0.872 bits per heavy atom. The maximum atomic E-state index is 13.5. The molecule has 0 aromatic heterocycles. The van der Waals surface area contributed by atoms with Crippen molar-refractivity contribution in [3.05, 3.63) is 71.8 Å². The van der Waals surface area contributed by atoms with E-state index in [9.17, 15) is 29.4 Å². The normalized spacial score (nSPS) is 22.4. The second-order valence-corrected chi connectivity index (χ2v) is 12.8. The summed E-state index contributed by atoms with van der Waals surface area (Å²) in [5.41, 5.74) is 0.678. The molecule has 7 atom stereocenters. The van der Waals surface area contributed by atoms with Crippen molar-refractivity contribution in [3.8, 4) is 0 Å². The van der Waals surface area contributed by atoms with Crippen LogP contribution in [0.2, 0.25) is 0 Å². The van der Waals surface area contributed by atoms with E-state index < -0.39 is 72.2 Å². The van der Waals surface area contributed by atoms with E-state index in [0.717, 1.165) is 11.1 Å². The predicted octanol–water partition coefficient (Wildman–Crippen LogP) is 1.97. The van der Waals surface area contributed by atoms with Crippen LogP contribution in [0.25, 0.3) is 0 Å². The third-order valence-corrected chi connectivity index (χ3v) is 7.23. The molecule has 0 spiro atoms. The molecule has 258 valence electrons. The highest BCUT2D eigenvalue weighted by Crippen LogP contribution is 2.25. The van der Waals surface area contributed by atoms with Gasteiger partial charge in [0.15, 0.2) is 12.4 Å². The van der Waals surface area contributed by atoms with Gasteiger partial charge >= 0.3 is 12.1 Å². The Bertz CT molecular complexity index is 1320. The molecule has 1 heterocycles. The number of aliphatic hydroxyl groups is 2. The van der Waals surface area contributed by atoms with Crippen molar-refractivity contribution in [3.63, 3.8) is 0 Å². The number of ether oxygens (including phenoxy) is 4. The Labute approximate surface area is 275 Å². The van der Waals surface area contributed by atoms with Crippen molar-refractivity contribution in [1.82, 2.24) is 16.0 Å². The summed E-state index contributed by atoms with van der Waals surface area (Å²) in [5, 5.41) is 30.2. The second kappa shape index (κ2) is 17.2. The Balaban J connectivity index is 1.83. The van der Waals surface area contributed by atoms with Gasteiger partial charge in [-0.05, 0) is 44.2 Å².